The molecule has 8 heteroatoms. The van der Waals surface area contributed by atoms with Crippen LogP contribution < -0.4 is 4.72 Å². The van der Waals surface area contributed by atoms with E-state index in [-0.39, 0.29) is 23.4 Å². The SMILES string of the molecule is CN(CC(=O)OC(C)(C)C)C(=O)/C=C/c1ccc(S(=O)(=O)NC2CC2)cc1. The lowest BCUT2D eigenvalue weighted by atomic mass is 10.2. The number of nitrogens with one attached hydrogen (secondary N) is 1. The minimum absolute atomic E-state index is 0.0488. The molecule has 0 bridgehead atoms. The maximum atomic E-state index is 12.1. The van der Waals surface area contributed by atoms with Gasteiger partial charge in [-0.3, -0.25) is 9.59 Å². The van der Waals surface area contributed by atoms with Gasteiger partial charge < -0.3 is 9.64 Å². The highest BCUT2D eigenvalue weighted by molar-refractivity contribution is 7.89. The normalized spacial score (nSPS) is 15.0. The topological polar surface area (TPSA) is 92.8 Å². The van der Waals surface area contributed by atoms with E-state index < -0.39 is 21.6 Å². The van der Waals surface area contributed by atoms with Gasteiger partial charge in [-0.05, 0) is 57.4 Å². The summed E-state index contributed by atoms with van der Waals surface area (Å²) in [7, 11) is -1.98. The van der Waals surface area contributed by atoms with Crippen LogP contribution in [-0.4, -0.2) is 50.4 Å². The molecule has 0 aromatic heterocycles. The average molecular weight is 394 g/mol. The Labute approximate surface area is 160 Å². The lowest BCUT2D eigenvalue weighted by Gasteiger charge is -2.22. The molecule has 148 valence electrons. The Morgan fingerprint density at radius 2 is 1.81 bits per heavy atom. The predicted octanol–water partition coefficient (Wildman–Crippen LogP) is 1.94. The largest absolute Gasteiger partial charge is 0.459 e. The van der Waals surface area contributed by atoms with Gasteiger partial charge in [-0.2, -0.15) is 0 Å². The maximum Gasteiger partial charge on any atom is 0.326 e. The van der Waals surface area contributed by atoms with Crippen LogP contribution in [0, 0.1) is 0 Å². The molecule has 0 unspecified atom stereocenters. The van der Waals surface area contributed by atoms with Crippen LogP contribution in [0.1, 0.15) is 39.2 Å². The average Bonchev–Trinajstić information content (AvgIpc) is 3.34. The number of carbonyl (C=O) groups excluding carboxylic acids is 2. The standard InChI is InChI=1S/C19H26N2O5S/c1-19(2,3)26-18(23)13-21(4)17(22)12-7-14-5-10-16(11-6-14)27(24,25)20-15-8-9-15/h5-7,10-12,15,20H,8-9,13H2,1-4H3/b12-7+. The van der Waals surface area contributed by atoms with E-state index in [1.54, 1.807) is 39.0 Å². The maximum absolute atomic E-state index is 12.1. The molecule has 1 aliphatic carbocycles. The van der Waals surface area contributed by atoms with Crippen molar-refractivity contribution in [1.82, 2.24) is 9.62 Å². The molecular formula is C19H26N2O5S. The molecule has 1 aromatic carbocycles. The Bertz CT molecular complexity index is 819. The van der Waals surface area contributed by atoms with E-state index in [1.807, 2.05) is 0 Å². The van der Waals surface area contributed by atoms with E-state index in [2.05, 4.69) is 4.72 Å². The fourth-order valence-corrected chi connectivity index (χ4v) is 3.49. The summed E-state index contributed by atoms with van der Waals surface area (Å²) >= 11 is 0. The third kappa shape index (κ3) is 7.15. The number of sulfonamides is 1. The van der Waals surface area contributed by atoms with Gasteiger partial charge in [0, 0.05) is 19.2 Å². The number of benzene rings is 1. The van der Waals surface area contributed by atoms with Gasteiger partial charge in [-0.25, -0.2) is 13.1 Å². The molecule has 0 radical (unpaired) electrons. The molecule has 7 nitrogen and oxygen atoms in total. The first-order valence-corrected chi connectivity index (χ1v) is 10.2. The first-order chi connectivity index (χ1) is 12.5. The molecule has 27 heavy (non-hydrogen) atoms. The smallest absolute Gasteiger partial charge is 0.326 e. The van der Waals surface area contributed by atoms with E-state index in [0.29, 0.717) is 5.56 Å². The van der Waals surface area contributed by atoms with Crippen molar-refractivity contribution in [3.05, 3.63) is 35.9 Å². The second-order valence-corrected chi connectivity index (χ2v) is 9.29. The van der Waals surface area contributed by atoms with E-state index in [0.717, 1.165) is 12.8 Å². The zero-order valence-electron chi connectivity index (χ0n) is 16.1. The monoisotopic (exact) mass is 394 g/mol. The molecule has 1 fully saturated rings. The minimum Gasteiger partial charge on any atom is -0.459 e. The number of likely N-dealkylation sites (N-methyl/N-ethyl adjacent to an activating group) is 1. The van der Waals surface area contributed by atoms with Crippen molar-refractivity contribution in [2.75, 3.05) is 13.6 Å². The fraction of sp³-hybridized carbons (Fsp3) is 0.474. The summed E-state index contributed by atoms with van der Waals surface area (Å²) in [5.74, 6) is -0.836. The molecule has 2 rings (SSSR count). The van der Waals surface area contributed by atoms with Crippen LogP contribution in [-0.2, 0) is 24.3 Å². The molecule has 1 saturated carbocycles. The third-order valence-corrected chi connectivity index (χ3v) is 5.21. The van der Waals surface area contributed by atoms with Gasteiger partial charge in [0.25, 0.3) is 0 Å². The number of amides is 1. The van der Waals surface area contributed by atoms with E-state index in [1.165, 1.54) is 30.2 Å². The first kappa shape index (κ1) is 21.1. The van der Waals surface area contributed by atoms with Gasteiger partial charge >= 0.3 is 5.97 Å². The molecule has 1 aromatic rings. The van der Waals surface area contributed by atoms with Crippen molar-refractivity contribution in [3.8, 4) is 0 Å². The highest BCUT2D eigenvalue weighted by Crippen LogP contribution is 2.22. The van der Waals surface area contributed by atoms with Crippen molar-refractivity contribution in [2.45, 2.75) is 50.2 Å². The highest BCUT2D eigenvalue weighted by atomic mass is 32.2. The number of rotatable bonds is 7. The van der Waals surface area contributed by atoms with Crippen LogP contribution in [0.15, 0.2) is 35.2 Å². The second-order valence-electron chi connectivity index (χ2n) is 7.58. The van der Waals surface area contributed by atoms with Crippen LogP contribution in [0.2, 0.25) is 0 Å². The van der Waals surface area contributed by atoms with Gasteiger partial charge in [0.1, 0.15) is 12.1 Å². The van der Waals surface area contributed by atoms with E-state index in [9.17, 15) is 18.0 Å². The van der Waals surface area contributed by atoms with Crippen molar-refractivity contribution in [3.63, 3.8) is 0 Å². The molecule has 0 atom stereocenters. The number of hydrogen-bond acceptors (Lipinski definition) is 5. The number of nitrogens with zero attached hydrogens (tertiary/aromatic N) is 1. The zero-order valence-corrected chi connectivity index (χ0v) is 16.9. The molecule has 0 spiro atoms. The Morgan fingerprint density at radius 3 is 2.33 bits per heavy atom. The minimum atomic E-state index is -3.49. The van der Waals surface area contributed by atoms with Crippen molar-refractivity contribution >= 4 is 28.0 Å². The Morgan fingerprint density at radius 1 is 1.22 bits per heavy atom. The van der Waals surface area contributed by atoms with Crippen molar-refractivity contribution in [1.29, 1.82) is 0 Å². The quantitative estimate of drug-likeness (QED) is 0.564. The summed E-state index contributed by atoms with van der Waals surface area (Å²) in [6.07, 6.45) is 4.65. The van der Waals surface area contributed by atoms with Crippen molar-refractivity contribution in [2.24, 2.45) is 0 Å². The fourth-order valence-electron chi connectivity index (χ4n) is 2.19. The van der Waals surface area contributed by atoms with Crippen LogP contribution in [0.5, 0.6) is 0 Å². The highest BCUT2D eigenvalue weighted by Gasteiger charge is 2.27. The predicted molar refractivity (Wildman–Crippen MR) is 102 cm³/mol. The lowest BCUT2D eigenvalue weighted by molar-refractivity contribution is -0.157. The van der Waals surface area contributed by atoms with Gasteiger partial charge in [-0.15, -0.1) is 0 Å². The Hall–Kier alpha value is -2.19. The first-order valence-electron chi connectivity index (χ1n) is 8.74. The van der Waals surface area contributed by atoms with Crippen molar-refractivity contribution < 1.29 is 22.7 Å². The van der Waals surface area contributed by atoms with Gasteiger partial charge in [0.2, 0.25) is 15.9 Å². The van der Waals surface area contributed by atoms with Gasteiger partial charge in [-0.1, -0.05) is 12.1 Å². The molecule has 1 amide bonds. The van der Waals surface area contributed by atoms with Crippen LogP contribution >= 0.6 is 0 Å². The second kappa shape index (κ2) is 8.22. The number of ether oxygens (including phenoxy) is 1. The van der Waals surface area contributed by atoms with E-state index in [4.69, 9.17) is 4.74 Å². The lowest BCUT2D eigenvalue weighted by Crippen LogP contribution is -2.35. The molecule has 0 aliphatic heterocycles. The zero-order chi connectivity index (χ0) is 20.2. The Balaban J connectivity index is 1.92. The van der Waals surface area contributed by atoms with Crippen LogP contribution in [0.4, 0.5) is 0 Å². The van der Waals surface area contributed by atoms with Gasteiger partial charge in [0.15, 0.2) is 0 Å². The summed E-state index contributed by atoms with van der Waals surface area (Å²) in [6.45, 7) is 5.13. The van der Waals surface area contributed by atoms with Crippen LogP contribution in [0.25, 0.3) is 6.08 Å². The van der Waals surface area contributed by atoms with Gasteiger partial charge in [0.05, 0.1) is 4.90 Å². The summed E-state index contributed by atoms with van der Waals surface area (Å²) in [4.78, 5) is 25.3. The van der Waals surface area contributed by atoms with Crippen LogP contribution in [0.3, 0.4) is 0 Å². The molecule has 1 N–H and O–H groups in total. The molecule has 0 saturated heterocycles. The number of hydrogen-bond donors (Lipinski definition) is 1. The molecule has 0 heterocycles. The summed E-state index contributed by atoms with van der Waals surface area (Å²) < 4.78 is 32.0. The number of esters is 1. The molecular weight excluding hydrogens is 368 g/mol. The summed E-state index contributed by atoms with van der Waals surface area (Å²) in [5.41, 5.74) is 0.0761. The number of carbonyl (C=O) groups is 2. The Kier molecular flexibility index (Phi) is 6.43. The third-order valence-electron chi connectivity index (χ3n) is 3.67. The summed E-state index contributed by atoms with van der Waals surface area (Å²) in [6, 6.07) is 6.30. The molecule has 1 aliphatic rings. The van der Waals surface area contributed by atoms with E-state index >= 15 is 0 Å². The summed E-state index contributed by atoms with van der Waals surface area (Å²) in [5, 5.41) is 0.